The summed E-state index contributed by atoms with van der Waals surface area (Å²) in [4.78, 5) is 0. The smallest absolute Gasteiger partial charge is 0.0733 e. The Balaban J connectivity index is 2.52. The van der Waals surface area contributed by atoms with E-state index in [0.717, 1.165) is 21.3 Å². The molecule has 2 aromatic carbocycles. The van der Waals surface area contributed by atoms with Crippen LogP contribution in [-0.2, 0) is 0 Å². The normalized spacial score (nSPS) is 12.4. The van der Waals surface area contributed by atoms with Gasteiger partial charge < -0.3 is 5.73 Å². The minimum absolute atomic E-state index is 0.113. The molecule has 19 heavy (non-hydrogen) atoms. The molecule has 2 rings (SSSR count). The Morgan fingerprint density at radius 3 is 2.42 bits per heavy atom. The summed E-state index contributed by atoms with van der Waals surface area (Å²) < 4.78 is 0.988. The lowest BCUT2D eigenvalue weighted by Crippen LogP contribution is -2.30. The highest BCUT2D eigenvalue weighted by molar-refractivity contribution is 9.10. The van der Waals surface area contributed by atoms with Crippen molar-refractivity contribution in [2.24, 2.45) is 5.84 Å². The lowest BCUT2D eigenvalue weighted by molar-refractivity contribution is 0.635. The summed E-state index contributed by atoms with van der Waals surface area (Å²) in [5, 5.41) is 0. The van der Waals surface area contributed by atoms with Gasteiger partial charge in [-0.05, 0) is 48.7 Å². The van der Waals surface area contributed by atoms with E-state index in [-0.39, 0.29) is 6.04 Å². The number of aryl methyl sites for hydroxylation is 2. The number of hydrogen-bond acceptors (Lipinski definition) is 3. The summed E-state index contributed by atoms with van der Waals surface area (Å²) in [5.41, 5.74) is 14.2. The van der Waals surface area contributed by atoms with Gasteiger partial charge >= 0.3 is 0 Å². The number of nitrogen functional groups attached to an aromatic ring is 1. The van der Waals surface area contributed by atoms with Gasteiger partial charge in [0.1, 0.15) is 0 Å². The van der Waals surface area contributed by atoms with Crippen molar-refractivity contribution in [3.05, 3.63) is 63.1 Å². The Bertz CT molecular complexity index is 596. The largest absolute Gasteiger partial charge is 0.398 e. The molecular formula is C15H18BrN3. The van der Waals surface area contributed by atoms with Gasteiger partial charge in [0, 0.05) is 10.2 Å². The van der Waals surface area contributed by atoms with Crippen LogP contribution in [-0.4, -0.2) is 0 Å². The predicted molar refractivity (Wildman–Crippen MR) is 83.6 cm³/mol. The van der Waals surface area contributed by atoms with E-state index in [1.807, 2.05) is 18.2 Å². The van der Waals surface area contributed by atoms with Crippen LogP contribution in [0.5, 0.6) is 0 Å². The van der Waals surface area contributed by atoms with Crippen molar-refractivity contribution in [2.75, 3.05) is 5.73 Å². The maximum Gasteiger partial charge on any atom is 0.0733 e. The fourth-order valence-electron chi connectivity index (χ4n) is 2.29. The summed E-state index contributed by atoms with van der Waals surface area (Å²) in [5.74, 6) is 5.74. The molecule has 0 aliphatic heterocycles. The SMILES string of the molecule is Cc1ccc(C(NN)c2cc(Br)ccc2N)c(C)c1. The van der Waals surface area contributed by atoms with Gasteiger partial charge in [0.25, 0.3) is 0 Å². The Hall–Kier alpha value is -1.36. The number of halogens is 1. The highest BCUT2D eigenvalue weighted by atomic mass is 79.9. The van der Waals surface area contributed by atoms with Crippen molar-refractivity contribution >= 4 is 21.6 Å². The summed E-state index contributed by atoms with van der Waals surface area (Å²) in [7, 11) is 0. The first-order valence-corrected chi connectivity index (χ1v) is 6.90. The lowest BCUT2D eigenvalue weighted by atomic mass is 9.93. The molecule has 0 saturated carbocycles. The molecular weight excluding hydrogens is 302 g/mol. The van der Waals surface area contributed by atoms with E-state index in [9.17, 15) is 0 Å². The highest BCUT2D eigenvalue weighted by Crippen LogP contribution is 2.30. The summed E-state index contributed by atoms with van der Waals surface area (Å²) in [6.45, 7) is 4.16. The monoisotopic (exact) mass is 319 g/mol. The van der Waals surface area contributed by atoms with Crippen LogP contribution in [0.25, 0.3) is 0 Å². The number of anilines is 1. The van der Waals surface area contributed by atoms with E-state index < -0.39 is 0 Å². The summed E-state index contributed by atoms with van der Waals surface area (Å²) >= 11 is 3.47. The van der Waals surface area contributed by atoms with Crippen LogP contribution in [0.2, 0.25) is 0 Å². The van der Waals surface area contributed by atoms with Crippen LogP contribution in [0.15, 0.2) is 40.9 Å². The van der Waals surface area contributed by atoms with Gasteiger partial charge in [0.15, 0.2) is 0 Å². The number of hydrazine groups is 1. The third kappa shape index (κ3) is 2.97. The van der Waals surface area contributed by atoms with Gasteiger partial charge in [-0.15, -0.1) is 0 Å². The average Bonchev–Trinajstić information content (AvgIpc) is 2.36. The number of nitrogens with two attached hydrogens (primary N) is 2. The number of nitrogens with one attached hydrogen (secondary N) is 1. The van der Waals surface area contributed by atoms with Crippen LogP contribution in [0.1, 0.15) is 28.3 Å². The third-order valence-electron chi connectivity index (χ3n) is 3.26. The Kier molecular flexibility index (Phi) is 4.24. The molecule has 4 heteroatoms. The molecule has 5 N–H and O–H groups in total. The molecule has 2 aromatic rings. The average molecular weight is 320 g/mol. The first-order chi connectivity index (χ1) is 9.02. The van der Waals surface area contributed by atoms with Gasteiger partial charge in [0.2, 0.25) is 0 Å². The van der Waals surface area contributed by atoms with Crippen LogP contribution >= 0.6 is 15.9 Å². The predicted octanol–water partition coefficient (Wildman–Crippen LogP) is 3.20. The van der Waals surface area contributed by atoms with Gasteiger partial charge in [-0.1, -0.05) is 39.7 Å². The van der Waals surface area contributed by atoms with Crippen molar-refractivity contribution in [3.8, 4) is 0 Å². The number of benzene rings is 2. The molecule has 0 aromatic heterocycles. The van der Waals surface area contributed by atoms with Gasteiger partial charge in [-0.3, -0.25) is 5.84 Å². The second-order valence-electron chi connectivity index (χ2n) is 4.73. The van der Waals surface area contributed by atoms with Crippen LogP contribution in [0.4, 0.5) is 5.69 Å². The molecule has 0 bridgehead atoms. The molecule has 0 radical (unpaired) electrons. The molecule has 1 unspecified atom stereocenters. The third-order valence-corrected chi connectivity index (χ3v) is 3.76. The molecule has 0 amide bonds. The molecule has 3 nitrogen and oxygen atoms in total. The second-order valence-corrected chi connectivity index (χ2v) is 5.65. The molecule has 0 heterocycles. The maximum absolute atomic E-state index is 6.07. The van der Waals surface area contributed by atoms with Crippen LogP contribution < -0.4 is 17.0 Å². The fourth-order valence-corrected chi connectivity index (χ4v) is 2.67. The van der Waals surface area contributed by atoms with Crippen molar-refractivity contribution in [2.45, 2.75) is 19.9 Å². The van der Waals surface area contributed by atoms with Crippen LogP contribution in [0.3, 0.4) is 0 Å². The molecule has 1 atom stereocenters. The highest BCUT2D eigenvalue weighted by Gasteiger charge is 2.17. The van der Waals surface area contributed by atoms with Crippen LogP contribution in [0, 0.1) is 13.8 Å². The van der Waals surface area contributed by atoms with E-state index in [1.54, 1.807) is 0 Å². The van der Waals surface area contributed by atoms with Crippen molar-refractivity contribution in [3.63, 3.8) is 0 Å². The van der Waals surface area contributed by atoms with Gasteiger partial charge in [-0.2, -0.15) is 0 Å². The zero-order valence-corrected chi connectivity index (χ0v) is 12.7. The topological polar surface area (TPSA) is 64.1 Å². The van der Waals surface area contributed by atoms with Gasteiger partial charge in [-0.25, -0.2) is 5.43 Å². The van der Waals surface area contributed by atoms with E-state index in [2.05, 4.69) is 53.4 Å². The first-order valence-electron chi connectivity index (χ1n) is 6.11. The second kappa shape index (κ2) is 5.74. The molecule has 0 aliphatic carbocycles. The molecule has 0 aliphatic rings. The first kappa shape index (κ1) is 14.1. The Morgan fingerprint density at radius 2 is 1.79 bits per heavy atom. The van der Waals surface area contributed by atoms with E-state index in [0.29, 0.717) is 0 Å². The fraction of sp³-hybridized carbons (Fsp3) is 0.200. The quantitative estimate of drug-likeness (QED) is 0.462. The zero-order chi connectivity index (χ0) is 14.0. The number of hydrogen-bond donors (Lipinski definition) is 3. The van der Waals surface area contributed by atoms with Crippen molar-refractivity contribution in [1.82, 2.24) is 5.43 Å². The number of rotatable bonds is 3. The molecule has 0 spiro atoms. The van der Waals surface area contributed by atoms with E-state index in [4.69, 9.17) is 11.6 Å². The Morgan fingerprint density at radius 1 is 1.05 bits per heavy atom. The molecule has 100 valence electrons. The van der Waals surface area contributed by atoms with Gasteiger partial charge in [0.05, 0.1) is 6.04 Å². The Labute approximate surface area is 122 Å². The minimum Gasteiger partial charge on any atom is -0.398 e. The van der Waals surface area contributed by atoms with Crippen molar-refractivity contribution < 1.29 is 0 Å². The molecule has 0 saturated heterocycles. The standard InChI is InChI=1S/C15H18BrN3/c1-9-3-5-12(10(2)7-9)15(19-18)13-8-11(16)4-6-14(13)17/h3-8,15,19H,17-18H2,1-2H3. The van der Waals surface area contributed by atoms with E-state index >= 15 is 0 Å². The maximum atomic E-state index is 6.07. The summed E-state index contributed by atoms with van der Waals surface area (Å²) in [6.07, 6.45) is 0. The summed E-state index contributed by atoms with van der Waals surface area (Å²) in [6, 6.07) is 12.0. The van der Waals surface area contributed by atoms with Crippen molar-refractivity contribution in [1.29, 1.82) is 0 Å². The molecule has 0 fully saturated rings. The lowest BCUT2D eigenvalue weighted by Gasteiger charge is -2.21. The van der Waals surface area contributed by atoms with E-state index in [1.165, 1.54) is 11.1 Å². The minimum atomic E-state index is -0.113. The zero-order valence-electron chi connectivity index (χ0n) is 11.1.